The van der Waals surface area contributed by atoms with Crippen molar-refractivity contribution in [3.8, 4) is 0 Å². The lowest BCUT2D eigenvalue weighted by Crippen LogP contribution is -2.62. The van der Waals surface area contributed by atoms with Crippen LogP contribution >= 0.6 is 0 Å². The fourth-order valence-corrected chi connectivity index (χ4v) is 7.72. The molecular formula is C23H29NO5. The number of ketones is 2. The van der Waals surface area contributed by atoms with Gasteiger partial charge >= 0.3 is 0 Å². The lowest BCUT2D eigenvalue weighted by molar-refractivity contribution is -0.144. The Bertz CT molecular complexity index is 890. The molecule has 29 heavy (non-hydrogen) atoms. The molecule has 5 rings (SSSR count). The molecule has 1 aliphatic heterocycles. The minimum Gasteiger partial charge on any atom is -0.475 e. The van der Waals surface area contributed by atoms with E-state index in [0.29, 0.717) is 25.2 Å². The molecule has 5 unspecified atom stereocenters. The predicted molar refractivity (Wildman–Crippen MR) is 106 cm³/mol. The van der Waals surface area contributed by atoms with E-state index < -0.39 is 23.7 Å². The van der Waals surface area contributed by atoms with E-state index in [1.165, 1.54) is 0 Å². The molecule has 0 radical (unpaired) electrons. The molecule has 0 amide bonds. The summed E-state index contributed by atoms with van der Waals surface area (Å²) in [7, 11) is 0. The van der Waals surface area contributed by atoms with E-state index in [1.807, 2.05) is 6.08 Å². The molecule has 2 fully saturated rings. The smallest absolute Gasteiger partial charge is 0.190 e. The first-order chi connectivity index (χ1) is 13.7. The maximum Gasteiger partial charge on any atom is 0.190 e. The molecule has 1 heterocycles. The minimum atomic E-state index is -1.12. The second-order valence-corrected chi connectivity index (χ2v) is 10.0. The van der Waals surface area contributed by atoms with E-state index in [1.54, 1.807) is 13.0 Å². The molecule has 0 saturated heterocycles. The Morgan fingerprint density at radius 1 is 1.38 bits per heavy atom. The Kier molecular flexibility index (Phi) is 3.89. The van der Waals surface area contributed by atoms with Crippen LogP contribution in [0.3, 0.4) is 0 Å². The van der Waals surface area contributed by atoms with Gasteiger partial charge in [-0.2, -0.15) is 0 Å². The lowest BCUT2D eigenvalue weighted by Gasteiger charge is -2.58. The highest BCUT2D eigenvalue weighted by Crippen LogP contribution is 2.68. The molecule has 2 N–H and O–H groups in total. The molecule has 0 bridgehead atoms. The van der Waals surface area contributed by atoms with Gasteiger partial charge in [-0.25, -0.2) is 4.99 Å². The van der Waals surface area contributed by atoms with Crippen molar-refractivity contribution >= 4 is 17.5 Å². The van der Waals surface area contributed by atoms with E-state index in [4.69, 9.17) is 4.74 Å². The second kappa shape index (κ2) is 5.88. The van der Waals surface area contributed by atoms with E-state index in [0.717, 1.165) is 12.0 Å². The summed E-state index contributed by atoms with van der Waals surface area (Å²) in [5.41, 5.74) is -0.931. The van der Waals surface area contributed by atoms with Crippen molar-refractivity contribution in [2.24, 2.45) is 33.6 Å². The van der Waals surface area contributed by atoms with Gasteiger partial charge in [-0.05, 0) is 37.2 Å². The Morgan fingerprint density at radius 3 is 2.86 bits per heavy atom. The van der Waals surface area contributed by atoms with Crippen molar-refractivity contribution in [1.82, 2.24) is 0 Å². The molecule has 2 saturated carbocycles. The molecule has 8 atom stereocenters. The van der Waals surface area contributed by atoms with Crippen LogP contribution in [-0.2, 0) is 14.3 Å². The number of rotatable bonds is 2. The molecule has 0 aromatic rings. The molecule has 0 aromatic carbocycles. The fourth-order valence-electron chi connectivity index (χ4n) is 7.72. The highest BCUT2D eigenvalue weighted by Gasteiger charge is 2.74. The topological polar surface area (TPSA) is 96.2 Å². The number of fused-ring (bicyclic) bond motifs is 7. The summed E-state index contributed by atoms with van der Waals surface area (Å²) in [6, 6.07) is 0. The summed E-state index contributed by atoms with van der Waals surface area (Å²) < 4.78 is 5.99. The van der Waals surface area contributed by atoms with Gasteiger partial charge in [0.15, 0.2) is 23.0 Å². The van der Waals surface area contributed by atoms with E-state index >= 15 is 0 Å². The van der Waals surface area contributed by atoms with Gasteiger partial charge in [-0.15, -0.1) is 0 Å². The standard InChI is InChI=1S/C23H29NO5/c1-12-24-23(18(28)11-25)19(29-12)9-16-15-5-4-13-8-14(26)6-7-21(13,2)20(15)17(27)10-22(16,23)3/h4,6-7,15-17,19-20,25,27H,5,8-11H2,1-3H3/t15?,16?,17-,19?,20?,21-,22-,23?/m0/s1. The van der Waals surface area contributed by atoms with Gasteiger partial charge in [0.1, 0.15) is 12.7 Å². The lowest BCUT2D eigenvalue weighted by atomic mass is 9.46. The first kappa shape index (κ1) is 19.2. The van der Waals surface area contributed by atoms with Gasteiger partial charge in [0.05, 0.1) is 6.10 Å². The molecule has 156 valence electrons. The number of nitrogens with zero attached hydrogens (tertiary/aromatic N) is 1. The van der Waals surface area contributed by atoms with Crippen LogP contribution in [-0.4, -0.2) is 52.0 Å². The molecule has 6 nitrogen and oxygen atoms in total. The zero-order valence-electron chi connectivity index (χ0n) is 17.2. The van der Waals surface area contributed by atoms with Gasteiger partial charge in [0, 0.05) is 30.1 Å². The third-order valence-electron chi connectivity index (χ3n) is 8.87. The Labute approximate surface area is 170 Å². The van der Waals surface area contributed by atoms with Gasteiger partial charge < -0.3 is 14.9 Å². The molecule has 6 heteroatoms. The summed E-state index contributed by atoms with van der Waals surface area (Å²) in [4.78, 5) is 29.7. The van der Waals surface area contributed by atoms with Crippen LogP contribution in [0.4, 0.5) is 0 Å². The number of hydrogen-bond donors (Lipinski definition) is 2. The van der Waals surface area contributed by atoms with E-state index in [2.05, 4.69) is 24.9 Å². The number of ether oxygens (including phenoxy) is 1. The second-order valence-electron chi connectivity index (χ2n) is 10.0. The summed E-state index contributed by atoms with van der Waals surface area (Å²) in [5, 5.41) is 21.2. The molecule has 0 aromatic heterocycles. The number of aliphatic hydroxyl groups is 2. The number of hydrogen-bond acceptors (Lipinski definition) is 6. The average molecular weight is 399 g/mol. The van der Waals surface area contributed by atoms with Crippen LogP contribution in [0.2, 0.25) is 0 Å². The summed E-state index contributed by atoms with van der Waals surface area (Å²) in [5.74, 6) is 0.604. The predicted octanol–water partition coefficient (Wildman–Crippen LogP) is 1.99. The van der Waals surface area contributed by atoms with Crippen molar-refractivity contribution in [3.05, 3.63) is 23.8 Å². The first-order valence-electron chi connectivity index (χ1n) is 10.6. The largest absolute Gasteiger partial charge is 0.475 e. The fraction of sp³-hybridized carbons (Fsp3) is 0.696. The number of Topliss-reactive ketones (excluding diaryl/α,β-unsaturated/α-hetero) is 1. The number of aliphatic hydroxyl groups excluding tert-OH is 2. The zero-order valence-corrected chi connectivity index (χ0v) is 17.2. The molecular weight excluding hydrogens is 370 g/mol. The number of carbonyl (C=O) groups excluding carboxylic acids is 2. The van der Waals surface area contributed by atoms with Gasteiger partial charge in [-0.3, -0.25) is 9.59 Å². The first-order valence-corrected chi connectivity index (χ1v) is 10.6. The van der Waals surface area contributed by atoms with Crippen molar-refractivity contribution in [2.75, 3.05) is 6.61 Å². The number of aliphatic imine (C=N–C) groups is 1. The molecule has 0 spiro atoms. The number of carbonyl (C=O) groups is 2. The zero-order chi connectivity index (χ0) is 20.8. The normalized spacial score (nSPS) is 50.0. The molecule has 5 aliphatic rings. The maximum atomic E-state index is 13.0. The van der Waals surface area contributed by atoms with Gasteiger partial charge in [0.2, 0.25) is 0 Å². The quantitative estimate of drug-likeness (QED) is 0.693. The van der Waals surface area contributed by atoms with Gasteiger partial charge in [0.25, 0.3) is 0 Å². The SMILES string of the molecule is CC1=NC2(C(=O)CO)C(CC3C4CC=C5CC(=O)C=C[C@]5(C)C4[C@@H](O)C[C@@]32C)O1. The van der Waals surface area contributed by atoms with Crippen LogP contribution < -0.4 is 0 Å². The van der Waals surface area contributed by atoms with E-state index in [-0.39, 0.29) is 40.8 Å². The Hall–Kier alpha value is -1.79. The Morgan fingerprint density at radius 2 is 2.14 bits per heavy atom. The third kappa shape index (κ3) is 2.17. The van der Waals surface area contributed by atoms with Crippen LogP contribution in [0.15, 0.2) is 28.8 Å². The van der Waals surface area contributed by atoms with E-state index in [9.17, 15) is 19.8 Å². The highest BCUT2D eigenvalue weighted by molar-refractivity contribution is 5.96. The minimum absolute atomic E-state index is 0.00453. The van der Waals surface area contributed by atoms with Crippen LogP contribution in [0.25, 0.3) is 0 Å². The molecule has 4 aliphatic carbocycles. The maximum absolute atomic E-state index is 13.0. The van der Waals surface area contributed by atoms with Crippen molar-refractivity contribution in [3.63, 3.8) is 0 Å². The number of allylic oxidation sites excluding steroid dienone is 4. The van der Waals surface area contributed by atoms with Crippen molar-refractivity contribution in [1.29, 1.82) is 0 Å². The third-order valence-corrected chi connectivity index (χ3v) is 8.87. The average Bonchev–Trinajstić information content (AvgIpc) is 3.12. The summed E-state index contributed by atoms with van der Waals surface area (Å²) in [6.45, 7) is 5.37. The van der Waals surface area contributed by atoms with Gasteiger partial charge in [-0.1, -0.05) is 31.6 Å². The highest BCUT2D eigenvalue weighted by atomic mass is 16.5. The van der Waals surface area contributed by atoms with Crippen LogP contribution in [0, 0.1) is 28.6 Å². The summed E-state index contributed by atoms with van der Waals surface area (Å²) >= 11 is 0. The van der Waals surface area contributed by atoms with Crippen molar-refractivity contribution in [2.45, 2.75) is 64.2 Å². The Balaban J connectivity index is 1.62. The van der Waals surface area contributed by atoms with Crippen LogP contribution in [0.5, 0.6) is 0 Å². The monoisotopic (exact) mass is 399 g/mol. The van der Waals surface area contributed by atoms with Crippen molar-refractivity contribution < 1.29 is 24.5 Å². The van der Waals surface area contributed by atoms with Crippen LogP contribution in [0.1, 0.15) is 46.5 Å². The summed E-state index contributed by atoms with van der Waals surface area (Å²) in [6.07, 6.45) is 7.17.